The molecule has 0 radical (unpaired) electrons. The van der Waals surface area contributed by atoms with Crippen molar-refractivity contribution in [2.24, 2.45) is 11.7 Å². The second-order valence-corrected chi connectivity index (χ2v) is 7.34. The molecule has 0 aliphatic rings. The first-order valence-corrected chi connectivity index (χ1v) is 9.73. The summed E-state index contributed by atoms with van der Waals surface area (Å²) in [6.07, 6.45) is -8.19. The highest BCUT2D eigenvalue weighted by Crippen LogP contribution is 2.19. The van der Waals surface area contributed by atoms with Gasteiger partial charge in [0, 0.05) is 23.5 Å². The molecule has 1 amide bonds. The summed E-state index contributed by atoms with van der Waals surface area (Å²) in [6.45, 7) is 3.64. The second kappa shape index (κ2) is 13.3. The van der Waals surface area contributed by atoms with Gasteiger partial charge in [-0.1, -0.05) is 32.0 Å². The molecule has 16 heteroatoms. The lowest BCUT2D eigenvalue weighted by Gasteiger charge is -2.19. The maximum atomic E-state index is 12.0. The van der Waals surface area contributed by atoms with Gasteiger partial charge in [0.25, 0.3) is 0 Å². The molecule has 0 unspecified atom stereocenters. The number of fused-ring (bicyclic) bond motifs is 1. The van der Waals surface area contributed by atoms with Crippen LogP contribution in [0.3, 0.4) is 0 Å². The molecule has 0 bridgehead atoms. The zero-order chi connectivity index (χ0) is 28.4. The van der Waals surface area contributed by atoms with Crippen LogP contribution in [0.1, 0.15) is 19.4 Å². The first kappa shape index (κ1) is 32.2. The minimum Gasteiger partial charge on any atom is -0.480 e. The second-order valence-electron chi connectivity index (χ2n) is 7.34. The largest absolute Gasteiger partial charge is 0.490 e. The quantitative estimate of drug-likeness (QED) is 0.307. The fourth-order valence-electron chi connectivity index (χ4n) is 2.29. The number of rotatable bonds is 6. The Morgan fingerprint density at radius 3 is 1.78 bits per heavy atom. The lowest BCUT2D eigenvalue weighted by atomic mass is 10.0. The van der Waals surface area contributed by atoms with Crippen LogP contribution in [-0.4, -0.2) is 68.6 Å². The fraction of sp³-hybridized carbons (Fsp3) is 0.400. The van der Waals surface area contributed by atoms with E-state index in [4.69, 9.17) is 25.5 Å². The van der Waals surface area contributed by atoms with Crippen LogP contribution in [0.15, 0.2) is 30.5 Å². The smallest absolute Gasteiger partial charge is 0.480 e. The molecule has 7 N–H and O–H groups in total. The van der Waals surface area contributed by atoms with Crippen molar-refractivity contribution in [2.75, 3.05) is 0 Å². The highest BCUT2D eigenvalue weighted by molar-refractivity contribution is 5.88. The van der Waals surface area contributed by atoms with Gasteiger partial charge >= 0.3 is 30.3 Å². The molecule has 202 valence electrons. The van der Waals surface area contributed by atoms with Crippen LogP contribution < -0.4 is 11.1 Å². The van der Waals surface area contributed by atoms with Crippen molar-refractivity contribution in [3.05, 3.63) is 36.0 Å². The molecule has 0 saturated heterocycles. The molecule has 10 nitrogen and oxygen atoms in total. The van der Waals surface area contributed by atoms with Crippen molar-refractivity contribution in [3.63, 3.8) is 0 Å². The maximum absolute atomic E-state index is 12.0. The Morgan fingerprint density at radius 1 is 0.944 bits per heavy atom. The normalized spacial score (nSPS) is 12.9. The van der Waals surface area contributed by atoms with Gasteiger partial charge in [0.05, 0.1) is 6.04 Å². The Morgan fingerprint density at radius 2 is 1.39 bits per heavy atom. The van der Waals surface area contributed by atoms with Gasteiger partial charge < -0.3 is 31.4 Å². The predicted molar refractivity (Wildman–Crippen MR) is 112 cm³/mol. The summed E-state index contributed by atoms with van der Waals surface area (Å²) >= 11 is 0. The summed E-state index contributed by atoms with van der Waals surface area (Å²) in [5, 5.41) is 27.1. The summed E-state index contributed by atoms with van der Waals surface area (Å²) in [7, 11) is 0. The average Bonchev–Trinajstić information content (AvgIpc) is 3.15. The third-order valence-electron chi connectivity index (χ3n) is 4.22. The minimum atomic E-state index is -5.08. The van der Waals surface area contributed by atoms with Gasteiger partial charge in [-0.05, 0) is 17.5 Å². The lowest BCUT2D eigenvalue weighted by molar-refractivity contribution is -0.193. The number of hydrogen-bond donors (Lipinski definition) is 6. The number of aromatic nitrogens is 1. The molecule has 0 saturated carbocycles. The number of benzene rings is 1. The predicted octanol–water partition coefficient (Wildman–Crippen LogP) is 2.53. The molecule has 2 atom stereocenters. The number of aliphatic carboxylic acids is 3. The van der Waals surface area contributed by atoms with Crippen molar-refractivity contribution < 1.29 is 60.8 Å². The number of hydrogen-bond acceptors (Lipinski definition) is 5. The number of carboxylic acids is 3. The van der Waals surface area contributed by atoms with Gasteiger partial charge in [0.2, 0.25) is 5.91 Å². The highest BCUT2D eigenvalue weighted by Gasteiger charge is 2.38. The van der Waals surface area contributed by atoms with Crippen LogP contribution in [0.25, 0.3) is 10.9 Å². The van der Waals surface area contributed by atoms with E-state index in [1.54, 1.807) is 6.20 Å². The van der Waals surface area contributed by atoms with Crippen LogP contribution in [-0.2, 0) is 25.6 Å². The van der Waals surface area contributed by atoms with Crippen LogP contribution in [0.2, 0.25) is 0 Å². The van der Waals surface area contributed by atoms with E-state index in [1.165, 1.54) is 0 Å². The van der Waals surface area contributed by atoms with Gasteiger partial charge in [0.15, 0.2) is 0 Å². The van der Waals surface area contributed by atoms with Gasteiger partial charge in [-0.15, -0.1) is 0 Å². The summed E-state index contributed by atoms with van der Waals surface area (Å²) < 4.78 is 63.5. The SMILES string of the molecule is CC(C)[C@H](N)C(=O)N[C@@H](Cc1c[nH]c2ccccc12)C(=O)O.O=C(O)C(F)(F)F.O=C(O)C(F)(F)F. The summed E-state index contributed by atoms with van der Waals surface area (Å²) in [6, 6.07) is 5.91. The molecule has 1 aromatic heterocycles. The van der Waals surface area contributed by atoms with E-state index >= 15 is 0 Å². The zero-order valence-corrected chi connectivity index (χ0v) is 18.6. The van der Waals surface area contributed by atoms with E-state index in [0.717, 1.165) is 16.5 Å². The number of nitrogens with one attached hydrogen (secondary N) is 2. The van der Waals surface area contributed by atoms with E-state index in [9.17, 15) is 41.0 Å². The van der Waals surface area contributed by atoms with E-state index < -0.39 is 48.3 Å². The number of halogens is 6. The van der Waals surface area contributed by atoms with E-state index in [1.807, 2.05) is 38.1 Å². The summed E-state index contributed by atoms with van der Waals surface area (Å²) in [5.74, 6) is -7.08. The Labute approximate surface area is 199 Å². The van der Waals surface area contributed by atoms with E-state index in [2.05, 4.69) is 10.3 Å². The number of para-hydroxylation sites is 1. The van der Waals surface area contributed by atoms with Gasteiger partial charge in [-0.25, -0.2) is 14.4 Å². The molecule has 1 aromatic carbocycles. The number of carbonyl (C=O) groups excluding carboxylic acids is 1. The zero-order valence-electron chi connectivity index (χ0n) is 18.6. The third kappa shape index (κ3) is 11.1. The van der Waals surface area contributed by atoms with Crippen molar-refractivity contribution in [1.29, 1.82) is 0 Å². The molecule has 2 rings (SSSR count). The van der Waals surface area contributed by atoms with E-state index in [0.29, 0.717) is 0 Å². The fourth-order valence-corrected chi connectivity index (χ4v) is 2.29. The number of aromatic amines is 1. The Balaban J connectivity index is 0.000000720. The first-order chi connectivity index (χ1) is 16.3. The molecule has 0 spiro atoms. The van der Waals surface area contributed by atoms with Gasteiger partial charge in [-0.2, -0.15) is 26.3 Å². The number of nitrogens with two attached hydrogens (primary N) is 1. The van der Waals surface area contributed by atoms with Crippen LogP contribution in [0, 0.1) is 5.92 Å². The minimum absolute atomic E-state index is 0.0532. The topological polar surface area (TPSA) is 183 Å². The van der Waals surface area contributed by atoms with Gasteiger partial charge in [-0.3, -0.25) is 4.79 Å². The van der Waals surface area contributed by atoms with Crippen molar-refractivity contribution in [3.8, 4) is 0 Å². The number of alkyl halides is 6. The first-order valence-electron chi connectivity index (χ1n) is 9.73. The average molecular weight is 531 g/mol. The Kier molecular flexibility index (Phi) is 11.9. The number of amides is 1. The lowest BCUT2D eigenvalue weighted by Crippen LogP contribution is -2.51. The monoisotopic (exact) mass is 531 g/mol. The molecule has 1 heterocycles. The van der Waals surface area contributed by atoms with E-state index in [-0.39, 0.29) is 12.3 Å². The number of H-pyrrole nitrogens is 1. The highest BCUT2D eigenvalue weighted by atomic mass is 19.4. The Hall–Kier alpha value is -3.82. The maximum Gasteiger partial charge on any atom is 0.490 e. The molecule has 36 heavy (non-hydrogen) atoms. The van der Waals surface area contributed by atoms with Crippen molar-refractivity contribution in [2.45, 2.75) is 44.7 Å². The number of carboxylic acid groups (broad SMARTS) is 3. The Bertz CT molecular complexity index is 1030. The molecule has 0 aliphatic heterocycles. The van der Waals surface area contributed by atoms with Crippen molar-refractivity contribution >= 4 is 34.7 Å². The van der Waals surface area contributed by atoms with Crippen LogP contribution in [0.4, 0.5) is 26.3 Å². The molecule has 2 aromatic rings. The third-order valence-corrected chi connectivity index (χ3v) is 4.22. The number of carbonyl (C=O) groups is 4. The molecule has 0 aliphatic carbocycles. The van der Waals surface area contributed by atoms with Crippen LogP contribution in [0.5, 0.6) is 0 Å². The molecular formula is C20H23F6N3O7. The standard InChI is InChI=1S/C16H21N3O3.2C2HF3O2/c1-9(2)14(17)15(20)19-13(16(21)22)7-10-8-18-12-6-4-3-5-11(10)12;2*3-2(4,5)1(6)7/h3-6,8-9,13-14,18H,7,17H2,1-2H3,(H,19,20)(H,21,22);2*(H,6,7)/t13-,14-;;/m0../s1. The van der Waals surface area contributed by atoms with Crippen molar-refractivity contribution in [1.82, 2.24) is 10.3 Å². The molecule has 0 fully saturated rings. The summed E-state index contributed by atoms with van der Waals surface area (Å²) in [5.41, 5.74) is 7.55. The van der Waals surface area contributed by atoms with Gasteiger partial charge in [0.1, 0.15) is 6.04 Å². The summed E-state index contributed by atoms with van der Waals surface area (Å²) in [4.78, 5) is 44.3. The molecular weight excluding hydrogens is 508 g/mol. The van der Waals surface area contributed by atoms with Crippen LogP contribution >= 0.6 is 0 Å².